The van der Waals surface area contributed by atoms with Gasteiger partial charge >= 0.3 is 6.03 Å². The Morgan fingerprint density at radius 1 is 1.12 bits per heavy atom. The molecule has 0 saturated heterocycles. The van der Waals surface area contributed by atoms with E-state index in [0.29, 0.717) is 24.2 Å². The van der Waals surface area contributed by atoms with E-state index in [2.05, 4.69) is 20.6 Å². The summed E-state index contributed by atoms with van der Waals surface area (Å²) in [5, 5.41) is 14.3. The molecule has 0 bridgehead atoms. The van der Waals surface area contributed by atoms with Crippen molar-refractivity contribution in [2.24, 2.45) is 0 Å². The topological polar surface area (TPSA) is 93.6 Å². The molecule has 3 aromatic rings. The molecule has 0 saturated carbocycles. The van der Waals surface area contributed by atoms with Crippen molar-refractivity contribution < 1.29 is 4.79 Å². The summed E-state index contributed by atoms with van der Waals surface area (Å²) in [6, 6.07) is 18.4. The van der Waals surface area contributed by atoms with Crippen LogP contribution in [-0.4, -0.2) is 22.5 Å². The molecule has 0 aliphatic carbocycles. The largest absolute Gasteiger partial charge is 0.342 e. The lowest BCUT2D eigenvalue weighted by Crippen LogP contribution is -2.30. The van der Waals surface area contributed by atoms with Gasteiger partial charge in [0.15, 0.2) is 0 Å². The van der Waals surface area contributed by atoms with Crippen molar-refractivity contribution in [3.05, 3.63) is 72.2 Å². The summed E-state index contributed by atoms with van der Waals surface area (Å²) in [5.74, 6) is 0.817. The monoisotopic (exact) mass is 331 g/mol. The van der Waals surface area contributed by atoms with Crippen LogP contribution >= 0.6 is 0 Å². The van der Waals surface area contributed by atoms with Crippen molar-refractivity contribution in [1.29, 1.82) is 5.26 Å². The van der Waals surface area contributed by atoms with Gasteiger partial charge in [0.25, 0.3) is 0 Å². The van der Waals surface area contributed by atoms with Crippen molar-refractivity contribution in [2.45, 2.75) is 6.42 Å². The first-order chi connectivity index (χ1) is 12.2. The predicted octanol–water partition coefficient (Wildman–Crippen LogP) is 3.31. The van der Waals surface area contributed by atoms with Crippen LogP contribution in [0.25, 0.3) is 11.3 Å². The molecule has 6 nitrogen and oxygen atoms in total. The number of amides is 2. The van der Waals surface area contributed by atoms with Gasteiger partial charge in [-0.2, -0.15) is 5.26 Å². The Bertz CT molecular complexity index is 878. The quantitative estimate of drug-likeness (QED) is 0.669. The normalized spacial score (nSPS) is 10.0. The maximum Gasteiger partial charge on any atom is 0.319 e. The zero-order chi connectivity index (χ0) is 17.5. The standard InChI is InChI=1S/C19H17N5O/c20-12-14-6-8-16(9-7-14)23-19(25)21-11-10-18-22-13-17(24-18)15-4-2-1-3-5-15/h1-9,13H,10-11H2,(H,22,24)(H2,21,23,25). The van der Waals surface area contributed by atoms with Crippen LogP contribution in [0, 0.1) is 11.3 Å². The number of imidazole rings is 1. The molecule has 1 heterocycles. The Balaban J connectivity index is 1.47. The van der Waals surface area contributed by atoms with Crippen LogP contribution in [-0.2, 0) is 6.42 Å². The van der Waals surface area contributed by atoms with Gasteiger partial charge in [0.1, 0.15) is 5.82 Å². The molecule has 25 heavy (non-hydrogen) atoms. The highest BCUT2D eigenvalue weighted by Gasteiger charge is 2.05. The Kier molecular flexibility index (Phi) is 5.07. The molecular weight excluding hydrogens is 314 g/mol. The van der Waals surface area contributed by atoms with Crippen LogP contribution in [0.5, 0.6) is 0 Å². The first kappa shape index (κ1) is 16.3. The van der Waals surface area contributed by atoms with Crippen LogP contribution in [0.4, 0.5) is 10.5 Å². The number of nitrogens with zero attached hydrogens (tertiary/aromatic N) is 2. The van der Waals surface area contributed by atoms with Gasteiger partial charge < -0.3 is 15.6 Å². The smallest absolute Gasteiger partial charge is 0.319 e. The van der Waals surface area contributed by atoms with E-state index in [1.807, 2.05) is 36.4 Å². The van der Waals surface area contributed by atoms with E-state index in [0.717, 1.165) is 17.1 Å². The maximum absolute atomic E-state index is 11.9. The number of rotatable bonds is 5. The summed E-state index contributed by atoms with van der Waals surface area (Å²) in [4.78, 5) is 19.5. The first-order valence-electron chi connectivity index (χ1n) is 7.89. The van der Waals surface area contributed by atoms with Gasteiger partial charge in [-0.25, -0.2) is 9.78 Å². The number of benzene rings is 2. The Labute approximate surface area is 145 Å². The molecule has 3 N–H and O–H groups in total. The molecule has 1 aromatic heterocycles. The van der Waals surface area contributed by atoms with E-state index in [-0.39, 0.29) is 6.03 Å². The van der Waals surface area contributed by atoms with E-state index in [1.54, 1.807) is 30.5 Å². The lowest BCUT2D eigenvalue weighted by molar-refractivity contribution is 0.252. The summed E-state index contributed by atoms with van der Waals surface area (Å²) < 4.78 is 0. The molecule has 0 radical (unpaired) electrons. The van der Waals surface area contributed by atoms with Crippen molar-refractivity contribution in [3.8, 4) is 17.3 Å². The number of carbonyl (C=O) groups excluding carboxylic acids is 1. The highest BCUT2D eigenvalue weighted by atomic mass is 16.2. The van der Waals surface area contributed by atoms with Crippen molar-refractivity contribution in [3.63, 3.8) is 0 Å². The Morgan fingerprint density at radius 3 is 2.60 bits per heavy atom. The third-order valence-corrected chi connectivity index (χ3v) is 3.63. The third kappa shape index (κ3) is 4.45. The molecule has 0 aliphatic rings. The van der Waals surface area contributed by atoms with Crippen LogP contribution in [0.3, 0.4) is 0 Å². The number of hydrogen-bond acceptors (Lipinski definition) is 3. The number of nitrogens with one attached hydrogen (secondary N) is 3. The lowest BCUT2D eigenvalue weighted by Gasteiger charge is -2.06. The van der Waals surface area contributed by atoms with E-state index in [9.17, 15) is 4.79 Å². The third-order valence-electron chi connectivity index (χ3n) is 3.63. The molecule has 0 atom stereocenters. The Morgan fingerprint density at radius 2 is 1.88 bits per heavy atom. The van der Waals surface area contributed by atoms with Gasteiger partial charge in [-0.1, -0.05) is 30.3 Å². The summed E-state index contributed by atoms with van der Waals surface area (Å²) in [6.07, 6.45) is 2.40. The fraction of sp³-hybridized carbons (Fsp3) is 0.105. The second kappa shape index (κ2) is 7.79. The van der Waals surface area contributed by atoms with Crippen LogP contribution < -0.4 is 10.6 Å². The minimum absolute atomic E-state index is 0.292. The zero-order valence-electron chi connectivity index (χ0n) is 13.5. The summed E-state index contributed by atoms with van der Waals surface area (Å²) >= 11 is 0. The second-order valence-corrected chi connectivity index (χ2v) is 5.43. The van der Waals surface area contributed by atoms with E-state index in [4.69, 9.17) is 5.26 Å². The minimum Gasteiger partial charge on any atom is -0.342 e. The minimum atomic E-state index is -0.292. The number of carbonyl (C=O) groups is 1. The fourth-order valence-corrected chi connectivity index (χ4v) is 2.35. The van der Waals surface area contributed by atoms with Gasteiger partial charge in [-0.3, -0.25) is 0 Å². The summed E-state index contributed by atoms with van der Waals surface area (Å²) in [6.45, 7) is 0.462. The number of nitriles is 1. The highest BCUT2D eigenvalue weighted by Crippen LogP contribution is 2.16. The molecule has 0 fully saturated rings. The van der Waals surface area contributed by atoms with Crippen LogP contribution in [0.1, 0.15) is 11.4 Å². The molecule has 0 aliphatic heterocycles. The average molecular weight is 331 g/mol. The average Bonchev–Trinajstić information content (AvgIpc) is 3.12. The Hall–Kier alpha value is -3.59. The number of aromatic amines is 1. The molecule has 3 rings (SSSR count). The molecule has 2 amide bonds. The molecule has 2 aromatic carbocycles. The van der Waals surface area contributed by atoms with E-state index in [1.165, 1.54) is 0 Å². The maximum atomic E-state index is 11.9. The van der Waals surface area contributed by atoms with Gasteiger partial charge in [0, 0.05) is 18.7 Å². The van der Waals surface area contributed by atoms with E-state index < -0.39 is 0 Å². The molecule has 124 valence electrons. The lowest BCUT2D eigenvalue weighted by atomic mass is 10.2. The molecule has 0 spiro atoms. The predicted molar refractivity (Wildman–Crippen MR) is 95.9 cm³/mol. The van der Waals surface area contributed by atoms with Crippen LogP contribution in [0.2, 0.25) is 0 Å². The van der Waals surface area contributed by atoms with Gasteiger partial charge in [0.2, 0.25) is 0 Å². The number of urea groups is 1. The summed E-state index contributed by atoms with van der Waals surface area (Å²) in [7, 11) is 0. The number of H-pyrrole nitrogens is 1. The zero-order valence-corrected chi connectivity index (χ0v) is 13.5. The molecule has 0 unspecified atom stereocenters. The molecular formula is C19H17N5O. The van der Waals surface area contributed by atoms with Gasteiger partial charge in [-0.15, -0.1) is 0 Å². The van der Waals surface area contributed by atoms with Crippen molar-refractivity contribution >= 4 is 11.7 Å². The number of aromatic nitrogens is 2. The highest BCUT2D eigenvalue weighted by molar-refractivity contribution is 5.89. The SMILES string of the molecule is N#Cc1ccc(NC(=O)NCCc2ncc(-c3ccccc3)[nH]2)cc1. The fourth-order valence-electron chi connectivity index (χ4n) is 2.35. The van der Waals surface area contributed by atoms with E-state index >= 15 is 0 Å². The first-order valence-corrected chi connectivity index (χ1v) is 7.89. The summed E-state index contributed by atoms with van der Waals surface area (Å²) in [5.41, 5.74) is 3.23. The van der Waals surface area contributed by atoms with Crippen molar-refractivity contribution in [1.82, 2.24) is 15.3 Å². The van der Waals surface area contributed by atoms with Crippen molar-refractivity contribution in [2.75, 3.05) is 11.9 Å². The van der Waals surface area contributed by atoms with Gasteiger partial charge in [0.05, 0.1) is 23.5 Å². The molecule has 6 heteroatoms. The second-order valence-electron chi connectivity index (χ2n) is 5.43. The van der Waals surface area contributed by atoms with Crippen LogP contribution in [0.15, 0.2) is 60.8 Å². The van der Waals surface area contributed by atoms with Gasteiger partial charge in [-0.05, 0) is 29.8 Å². The number of hydrogen-bond donors (Lipinski definition) is 3. The number of anilines is 1.